The molecular formula is C18H27N7. The van der Waals surface area contributed by atoms with Crippen molar-refractivity contribution in [2.75, 3.05) is 38.1 Å². The minimum atomic E-state index is 0.625. The van der Waals surface area contributed by atoms with Crippen LogP contribution in [0.3, 0.4) is 0 Å². The van der Waals surface area contributed by atoms with Gasteiger partial charge in [0.05, 0.1) is 6.54 Å². The summed E-state index contributed by atoms with van der Waals surface area (Å²) in [6.45, 7) is 8.90. The zero-order valence-electron chi connectivity index (χ0n) is 15.5. The van der Waals surface area contributed by atoms with E-state index in [1.54, 1.807) is 6.33 Å². The van der Waals surface area contributed by atoms with Gasteiger partial charge in [0.1, 0.15) is 6.33 Å². The van der Waals surface area contributed by atoms with Gasteiger partial charge >= 0.3 is 0 Å². The number of anilines is 1. The quantitative estimate of drug-likeness (QED) is 0.674. The molecule has 2 heterocycles. The molecule has 3 rings (SSSR count). The second kappa shape index (κ2) is 7.55. The molecule has 0 bridgehead atoms. The number of benzene rings is 1. The van der Waals surface area contributed by atoms with Crippen molar-refractivity contribution >= 4 is 11.6 Å². The third-order valence-electron chi connectivity index (χ3n) is 4.92. The number of nitrogens with zero attached hydrogens (tertiary/aromatic N) is 6. The first kappa shape index (κ1) is 17.3. The fourth-order valence-corrected chi connectivity index (χ4v) is 3.19. The first-order valence-electron chi connectivity index (χ1n) is 8.69. The molecule has 1 aromatic heterocycles. The molecule has 0 saturated carbocycles. The summed E-state index contributed by atoms with van der Waals surface area (Å²) in [5.41, 5.74) is 4.07. The van der Waals surface area contributed by atoms with Crippen molar-refractivity contribution in [3.8, 4) is 0 Å². The molecule has 0 atom stereocenters. The van der Waals surface area contributed by atoms with Crippen molar-refractivity contribution < 1.29 is 0 Å². The number of aryl methyl sites for hydroxylation is 2. The van der Waals surface area contributed by atoms with Crippen LogP contribution >= 0.6 is 0 Å². The molecule has 7 nitrogen and oxygen atoms in total. The summed E-state index contributed by atoms with van der Waals surface area (Å²) in [5, 5.41) is 11.4. The van der Waals surface area contributed by atoms with E-state index in [1.165, 1.54) is 16.8 Å². The van der Waals surface area contributed by atoms with Gasteiger partial charge in [-0.1, -0.05) is 12.1 Å². The highest BCUT2D eigenvalue weighted by atomic mass is 15.4. The van der Waals surface area contributed by atoms with Gasteiger partial charge in [0, 0.05) is 46.0 Å². The summed E-state index contributed by atoms with van der Waals surface area (Å²) in [5.74, 6) is 1.82. The fourth-order valence-electron chi connectivity index (χ4n) is 3.19. The molecule has 0 aliphatic carbocycles. The molecule has 0 unspecified atom stereocenters. The van der Waals surface area contributed by atoms with Crippen molar-refractivity contribution in [1.29, 1.82) is 0 Å². The van der Waals surface area contributed by atoms with E-state index >= 15 is 0 Å². The number of rotatable bonds is 3. The topological polar surface area (TPSA) is 61.6 Å². The maximum atomic E-state index is 4.43. The Hall–Kier alpha value is -2.57. The molecule has 134 valence electrons. The summed E-state index contributed by atoms with van der Waals surface area (Å²) in [7, 11) is 3.78. The van der Waals surface area contributed by atoms with Gasteiger partial charge in [-0.05, 0) is 31.0 Å². The molecule has 1 aliphatic rings. The molecule has 0 amide bonds. The standard InChI is InChI=1S/C18H27N7/c1-14-6-5-7-16(15(14)2)24-8-10-25(11-9-24)18(19-3)20-12-17-22-21-13-23(17)4/h5-7,13H,8-12H2,1-4H3,(H,19,20). The van der Waals surface area contributed by atoms with Gasteiger partial charge in [-0.15, -0.1) is 10.2 Å². The SMILES string of the molecule is CN=C(NCc1nncn1C)N1CCN(c2cccc(C)c2C)CC1. The molecule has 1 aromatic carbocycles. The highest BCUT2D eigenvalue weighted by Crippen LogP contribution is 2.23. The summed E-state index contributed by atoms with van der Waals surface area (Å²) in [6, 6.07) is 6.54. The van der Waals surface area contributed by atoms with Gasteiger partial charge in [-0.3, -0.25) is 4.99 Å². The van der Waals surface area contributed by atoms with Crippen molar-refractivity contribution in [2.24, 2.45) is 12.0 Å². The van der Waals surface area contributed by atoms with Crippen LogP contribution in [0.2, 0.25) is 0 Å². The molecule has 0 spiro atoms. The predicted molar refractivity (Wildman–Crippen MR) is 101 cm³/mol. The molecule has 1 aliphatic heterocycles. The van der Waals surface area contributed by atoms with Gasteiger partial charge in [0.2, 0.25) is 0 Å². The van der Waals surface area contributed by atoms with E-state index in [4.69, 9.17) is 0 Å². The predicted octanol–water partition coefficient (Wildman–Crippen LogP) is 1.33. The van der Waals surface area contributed by atoms with E-state index in [2.05, 4.69) is 62.4 Å². The van der Waals surface area contributed by atoms with E-state index in [1.807, 2.05) is 18.7 Å². The molecule has 25 heavy (non-hydrogen) atoms. The van der Waals surface area contributed by atoms with Gasteiger partial charge < -0.3 is 19.7 Å². The molecule has 2 aromatic rings. The highest BCUT2D eigenvalue weighted by molar-refractivity contribution is 5.80. The van der Waals surface area contributed by atoms with Gasteiger partial charge in [0.15, 0.2) is 11.8 Å². The molecule has 1 N–H and O–H groups in total. The number of hydrogen-bond acceptors (Lipinski definition) is 4. The number of aromatic nitrogens is 3. The van der Waals surface area contributed by atoms with Crippen molar-refractivity contribution in [3.63, 3.8) is 0 Å². The zero-order valence-corrected chi connectivity index (χ0v) is 15.5. The first-order chi connectivity index (χ1) is 12.1. The maximum absolute atomic E-state index is 4.43. The van der Waals surface area contributed by atoms with Crippen LogP contribution in [-0.2, 0) is 13.6 Å². The molecule has 0 radical (unpaired) electrons. The molecular weight excluding hydrogens is 314 g/mol. The van der Waals surface area contributed by atoms with Crippen LogP contribution in [0.15, 0.2) is 29.5 Å². The Labute approximate surface area is 149 Å². The van der Waals surface area contributed by atoms with Crippen LogP contribution in [0, 0.1) is 13.8 Å². The fraction of sp³-hybridized carbons (Fsp3) is 0.500. The molecule has 1 fully saturated rings. The minimum Gasteiger partial charge on any atom is -0.368 e. The lowest BCUT2D eigenvalue weighted by Gasteiger charge is -2.38. The van der Waals surface area contributed by atoms with Gasteiger partial charge in [-0.2, -0.15) is 0 Å². The first-order valence-corrected chi connectivity index (χ1v) is 8.69. The number of piperazine rings is 1. The summed E-state index contributed by atoms with van der Waals surface area (Å²) >= 11 is 0. The second-order valence-electron chi connectivity index (χ2n) is 6.45. The lowest BCUT2D eigenvalue weighted by molar-refractivity contribution is 0.371. The minimum absolute atomic E-state index is 0.625. The third-order valence-corrected chi connectivity index (χ3v) is 4.92. The van der Waals surface area contributed by atoms with E-state index in [9.17, 15) is 0 Å². The van der Waals surface area contributed by atoms with E-state index < -0.39 is 0 Å². The third kappa shape index (κ3) is 3.75. The Kier molecular flexibility index (Phi) is 5.21. The van der Waals surface area contributed by atoms with Crippen LogP contribution in [0.1, 0.15) is 17.0 Å². The van der Waals surface area contributed by atoms with E-state index in [0.29, 0.717) is 6.54 Å². The van der Waals surface area contributed by atoms with E-state index in [-0.39, 0.29) is 0 Å². The van der Waals surface area contributed by atoms with Gasteiger partial charge in [0.25, 0.3) is 0 Å². The number of guanidine groups is 1. The number of hydrogen-bond donors (Lipinski definition) is 1. The van der Waals surface area contributed by atoms with Crippen LogP contribution < -0.4 is 10.2 Å². The zero-order chi connectivity index (χ0) is 17.8. The van der Waals surface area contributed by atoms with E-state index in [0.717, 1.165) is 38.0 Å². The van der Waals surface area contributed by atoms with Crippen molar-refractivity contribution in [2.45, 2.75) is 20.4 Å². The van der Waals surface area contributed by atoms with Gasteiger partial charge in [-0.25, -0.2) is 0 Å². The Morgan fingerprint density at radius 1 is 1.20 bits per heavy atom. The smallest absolute Gasteiger partial charge is 0.194 e. The number of nitrogens with one attached hydrogen (secondary N) is 1. The lowest BCUT2D eigenvalue weighted by Crippen LogP contribution is -2.52. The van der Waals surface area contributed by atoms with Crippen LogP contribution in [0.5, 0.6) is 0 Å². The van der Waals surface area contributed by atoms with Crippen molar-refractivity contribution in [3.05, 3.63) is 41.5 Å². The summed E-state index contributed by atoms with van der Waals surface area (Å²) < 4.78 is 1.92. The average molecular weight is 341 g/mol. The Morgan fingerprint density at radius 3 is 2.60 bits per heavy atom. The average Bonchev–Trinajstić information content (AvgIpc) is 3.04. The monoisotopic (exact) mass is 341 g/mol. The maximum Gasteiger partial charge on any atom is 0.194 e. The number of aliphatic imine (C=N–C) groups is 1. The Balaban J connectivity index is 1.59. The highest BCUT2D eigenvalue weighted by Gasteiger charge is 2.21. The summed E-state index contributed by atoms with van der Waals surface area (Å²) in [4.78, 5) is 9.20. The van der Waals surface area contributed by atoms with Crippen LogP contribution in [0.25, 0.3) is 0 Å². The normalized spacial score (nSPS) is 15.6. The molecule has 7 heteroatoms. The summed E-state index contributed by atoms with van der Waals surface area (Å²) in [6.07, 6.45) is 1.71. The Morgan fingerprint density at radius 2 is 1.96 bits per heavy atom. The van der Waals surface area contributed by atoms with Crippen LogP contribution in [0.4, 0.5) is 5.69 Å². The second-order valence-corrected chi connectivity index (χ2v) is 6.45. The largest absolute Gasteiger partial charge is 0.368 e. The van der Waals surface area contributed by atoms with Crippen molar-refractivity contribution in [1.82, 2.24) is 25.0 Å². The lowest BCUT2D eigenvalue weighted by atomic mass is 10.1. The van der Waals surface area contributed by atoms with Crippen LogP contribution in [-0.4, -0.2) is 58.9 Å². The Bertz CT molecular complexity index is 742. The molecule has 1 saturated heterocycles.